The van der Waals surface area contributed by atoms with E-state index >= 15 is 0 Å². The number of allylic oxidation sites excluding steroid dienone is 1. The van der Waals surface area contributed by atoms with Gasteiger partial charge in [-0.05, 0) is 26.8 Å². The Hall–Kier alpha value is -2.70. The number of esters is 1. The molecule has 2 heterocycles. The predicted molar refractivity (Wildman–Crippen MR) is 82.1 cm³/mol. The fourth-order valence-electron chi connectivity index (χ4n) is 2.62. The second kappa shape index (κ2) is 5.83. The molecule has 23 heavy (non-hydrogen) atoms. The number of rotatable bonds is 3. The fourth-order valence-corrected chi connectivity index (χ4v) is 2.62. The van der Waals surface area contributed by atoms with Crippen molar-refractivity contribution < 1.29 is 13.9 Å². The summed E-state index contributed by atoms with van der Waals surface area (Å²) < 4.78 is 21.2. The molecule has 0 fully saturated rings. The van der Waals surface area contributed by atoms with Gasteiger partial charge in [0.05, 0.1) is 11.7 Å². The predicted octanol–water partition coefficient (Wildman–Crippen LogP) is 2.66. The Bertz CT molecular complexity index is 782. The summed E-state index contributed by atoms with van der Waals surface area (Å²) in [5.74, 6) is -0.459. The number of carbonyl (C=O) groups is 1. The van der Waals surface area contributed by atoms with Gasteiger partial charge in [-0.1, -0.05) is 18.2 Å². The normalized spacial score (nSPS) is 17.0. The van der Waals surface area contributed by atoms with E-state index in [0.29, 0.717) is 22.8 Å². The summed E-state index contributed by atoms with van der Waals surface area (Å²) in [5.41, 5.74) is 1.24. The zero-order valence-corrected chi connectivity index (χ0v) is 13.1. The number of anilines is 1. The molecule has 0 bridgehead atoms. The summed E-state index contributed by atoms with van der Waals surface area (Å²) in [6, 6.07) is 5.59. The van der Waals surface area contributed by atoms with Gasteiger partial charge in [-0.15, -0.1) is 0 Å². The molecule has 1 aliphatic heterocycles. The van der Waals surface area contributed by atoms with E-state index in [4.69, 9.17) is 4.74 Å². The molecule has 1 aromatic heterocycles. The van der Waals surface area contributed by atoms with Gasteiger partial charge in [0.25, 0.3) is 0 Å². The maximum atomic E-state index is 14.3. The first-order valence-corrected chi connectivity index (χ1v) is 7.31. The molecule has 0 spiro atoms. The number of hydrogen-bond donors (Lipinski definition) is 1. The van der Waals surface area contributed by atoms with Gasteiger partial charge >= 0.3 is 5.97 Å². The Balaban J connectivity index is 2.15. The number of hydrogen-bond acceptors (Lipinski definition) is 5. The monoisotopic (exact) mass is 316 g/mol. The Kier molecular flexibility index (Phi) is 3.85. The minimum atomic E-state index is -0.721. The summed E-state index contributed by atoms with van der Waals surface area (Å²) in [7, 11) is 0. The van der Waals surface area contributed by atoms with Gasteiger partial charge in [0.2, 0.25) is 5.95 Å². The van der Waals surface area contributed by atoms with Crippen LogP contribution in [0.1, 0.15) is 32.4 Å². The Labute approximate surface area is 133 Å². The van der Waals surface area contributed by atoms with E-state index in [2.05, 4.69) is 15.4 Å². The standard InChI is InChI=1S/C16H17FN4O2/c1-9(2)23-15(22)13-10(3)20-16-18-8-19-21(16)14(13)11-6-4-5-7-12(11)17/h4-9,14H,1-3H3,(H,18,19,20)/t14-/m0/s1. The van der Waals surface area contributed by atoms with Gasteiger partial charge in [-0.2, -0.15) is 10.1 Å². The minimum Gasteiger partial charge on any atom is -0.459 e. The summed E-state index contributed by atoms with van der Waals surface area (Å²) in [5, 5.41) is 7.15. The lowest BCUT2D eigenvalue weighted by Crippen LogP contribution is -2.31. The van der Waals surface area contributed by atoms with Gasteiger partial charge in [0.1, 0.15) is 18.2 Å². The van der Waals surface area contributed by atoms with Crippen molar-refractivity contribution in [3.05, 3.63) is 53.2 Å². The van der Waals surface area contributed by atoms with Crippen molar-refractivity contribution >= 4 is 11.9 Å². The highest BCUT2D eigenvalue weighted by molar-refractivity contribution is 5.92. The zero-order valence-electron chi connectivity index (χ0n) is 13.1. The highest BCUT2D eigenvalue weighted by atomic mass is 19.1. The van der Waals surface area contributed by atoms with Crippen molar-refractivity contribution in [3.63, 3.8) is 0 Å². The molecule has 2 aromatic rings. The molecule has 1 atom stereocenters. The first-order chi connectivity index (χ1) is 11.0. The lowest BCUT2D eigenvalue weighted by Gasteiger charge is -2.28. The van der Waals surface area contributed by atoms with Crippen molar-refractivity contribution in [3.8, 4) is 0 Å². The van der Waals surface area contributed by atoms with E-state index in [1.54, 1.807) is 39.0 Å². The topological polar surface area (TPSA) is 69.0 Å². The third kappa shape index (κ3) is 2.69. The maximum Gasteiger partial charge on any atom is 0.338 e. The number of nitrogens with zero attached hydrogens (tertiary/aromatic N) is 3. The van der Waals surface area contributed by atoms with Gasteiger partial charge in [-0.25, -0.2) is 13.9 Å². The van der Waals surface area contributed by atoms with Crippen LogP contribution in [0.15, 0.2) is 41.9 Å². The number of fused-ring (bicyclic) bond motifs is 1. The Morgan fingerprint density at radius 3 is 2.83 bits per heavy atom. The number of aromatic nitrogens is 3. The highest BCUT2D eigenvalue weighted by Crippen LogP contribution is 2.36. The van der Waals surface area contributed by atoms with Crippen LogP contribution in [0.25, 0.3) is 0 Å². The molecular weight excluding hydrogens is 299 g/mol. The molecule has 0 radical (unpaired) electrons. The number of benzene rings is 1. The Morgan fingerprint density at radius 1 is 1.39 bits per heavy atom. The molecule has 1 aliphatic rings. The third-order valence-electron chi connectivity index (χ3n) is 3.56. The SMILES string of the molecule is CC1=C(C(=O)OC(C)C)[C@H](c2ccccc2F)n2ncnc2N1. The van der Waals surface area contributed by atoms with E-state index in [9.17, 15) is 9.18 Å². The lowest BCUT2D eigenvalue weighted by atomic mass is 9.95. The van der Waals surface area contributed by atoms with Crippen molar-refractivity contribution in [2.45, 2.75) is 32.9 Å². The van der Waals surface area contributed by atoms with Gasteiger partial charge in [-0.3, -0.25) is 0 Å². The summed E-state index contributed by atoms with van der Waals surface area (Å²) in [4.78, 5) is 16.6. The van der Waals surface area contributed by atoms with Crippen LogP contribution in [0.5, 0.6) is 0 Å². The maximum absolute atomic E-state index is 14.3. The lowest BCUT2D eigenvalue weighted by molar-refractivity contribution is -0.143. The van der Waals surface area contributed by atoms with Crippen molar-refractivity contribution in [2.24, 2.45) is 0 Å². The second-order valence-corrected chi connectivity index (χ2v) is 5.57. The van der Waals surface area contributed by atoms with Gasteiger partial charge in [0, 0.05) is 11.3 Å². The van der Waals surface area contributed by atoms with E-state index < -0.39 is 17.8 Å². The van der Waals surface area contributed by atoms with Crippen LogP contribution < -0.4 is 5.32 Å². The van der Waals surface area contributed by atoms with Crippen LogP contribution >= 0.6 is 0 Å². The van der Waals surface area contributed by atoms with E-state index in [1.165, 1.54) is 17.1 Å². The van der Waals surface area contributed by atoms with Gasteiger partial charge in [0.15, 0.2) is 0 Å². The first kappa shape index (κ1) is 15.2. The molecule has 0 aliphatic carbocycles. The smallest absolute Gasteiger partial charge is 0.338 e. The molecule has 0 unspecified atom stereocenters. The third-order valence-corrected chi connectivity index (χ3v) is 3.56. The van der Waals surface area contributed by atoms with E-state index in [-0.39, 0.29) is 6.10 Å². The van der Waals surface area contributed by atoms with Crippen molar-refractivity contribution in [1.29, 1.82) is 0 Å². The summed E-state index contributed by atoms with van der Waals surface area (Å²) in [6.07, 6.45) is 1.08. The van der Waals surface area contributed by atoms with Crippen LogP contribution in [0.2, 0.25) is 0 Å². The number of halogens is 1. The first-order valence-electron chi connectivity index (χ1n) is 7.31. The van der Waals surface area contributed by atoms with Crippen LogP contribution in [0.3, 0.4) is 0 Å². The summed E-state index contributed by atoms with van der Waals surface area (Å²) >= 11 is 0. The molecule has 1 N–H and O–H groups in total. The highest BCUT2D eigenvalue weighted by Gasteiger charge is 2.35. The zero-order chi connectivity index (χ0) is 16.6. The molecular formula is C16H17FN4O2. The Morgan fingerprint density at radius 2 is 2.13 bits per heavy atom. The van der Waals surface area contributed by atoms with Crippen molar-refractivity contribution in [2.75, 3.05) is 5.32 Å². The molecule has 1 aromatic carbocycles. The van der Waals surface area contributed by atoms with Crippen LogP contribution in [0, 0.1) is 5.82 Å². The van der Waals surface area contributed by atoms with Crippen LogP contribution in [-0.2, 0) is 9.53 Å². The minimum absolute atomic E-state index is 0.277. The van der Waals surface area contributed by atoms with E-state index in [1.807, 2.05) is 0 Å². The summed E-state index contributed by atoms with van der Waals surface area (Å²) in [6.45, 7) is 5.27. The van der Waals surface area contributed by atoms with E-state index in [0.717, 1.165) is 0 Å². The molecule has 0 saturated carbocycles. The molecule has 6 nitrogen and oxygen atoms in total. The number of nitrogens with one attached hydrogen (secondary N) is 1. The molecule has 120 valence electrons. The fraction of sp³-hybridized carbons (Fsp3) is 0.312. The number of carbonyl (C=O) groups excluding carboxylic acids is 1. The quantitative estimate of drug-likeness (QED) is 0.882. The average Bonchev–Trinajstić information content (AvgIpc) is 2.93. The molecule has 7 heteroatoms. The molecule has 0 amide bonds. The second-order valence-electron chi connectivity index (χ2n) is 5.57. The van der Waals surface area contributed by atoms with Gasteiger partial charge < -0.3 is 10.1 Å². The molecule has 3 rings (SSSR count). The number of ether oxygens (including phenoxy) is 1. The average molecular weight is 316 g/mol. The largest absolute Gasteiger partial charge is 0.459 e. The molecule has 0 saturated heterocycles. The van der Waals surface area contributed by atoms with Crippen molar-refractivity contribution in [1.82, 2.24) is 14.8 Å². The van der Waals surface area contributed by atoms with Crippen LogP contribution in [-0.4, -0.2) is 26.8 Å². The van der Waals surface area contributed by atoms with Crippen LogP contribution in [0.4, 0.5) is 10.3 Å².